The summed E-state index contributed by atoms with van der Waals surface area (Å²) in [7, 11) is 1.62. The van der Waals surface area contributed by atoms with Gasteiger partial charge in [0.1, 0.15) is 0 Å². The number of aromatic nitrogens is 2. The van der Waals surface area contributed by atoms with Crippen molar-refractivity contribution in [2.75, 3.05) is 0 Å². The Morgan fingerprint density at radius 1 is 1.18 bits per heavy atom. The monoisotopic (exact) mass is 395 g/mol. The van der Waals surface area contributed by atoms with Crippen molar-refractivity contribution in [1.82, 2.24) is 14.9 Å². The van der Waals surface area contributed by atoms with Gasteiger partial charge < -0.3 is 10.3 Å². The molecule has 2 aromatic carbocycles. The van der Waals surface area contributed by atoms with Gasteiger partial charge in [0.25, 0.3) is 11.5 Å². The Morgan fingerprint density at radius 3 is 2.46 bits per heavy atom. The molecule has 1 atom stereocenters. The Hall–Kier alpha value is -2.73. The molecule has 0 aliphatic rings. The van der Waals surface area contributed by atoms with Crippen LogP contribution in [-0.4, -0.2) is 15.5 Å². The van der Waals surface area contributed by atoms with E-state index in [0.717, 1.165) is 12.0 Å². The first-order valence-corrected chi connectivity index (χ1v) is 9.85. The zero-order valence-corrected chi connectivity index (χ0v) is 17.4. The molecule has 2 N–H and O–H groups in total. The molecule has 0 saturated carbocycles. The normalized spacial score (nSPS) is 12.3. The maximum Gasteiger partial charge on any atom is 0.261 e. The highest BCUT2D eigenvalue weighted by Crippen LogP contribution is 2.23. The first-order chi connectivity index (χ1) is 13.3. The molecule has 146 valence electrons. The van der Waals surface area contributed by atoms with Gasteiger partial charge in [-0.2, -0.15) is 0 Å². The van der Waals surface area contributed by atoms with Crippen LogP contribution in [-0.2, 0) is 13.5 Å². The van der Waals surface area contributed by atoms with Gasteiger partial charge in [0.15, 0.2) is 4.77 Å². The summed E-state index contributed by atoms with van der Waals surface area (Å²) in [6, 6.07) is 13.3. The van der Waals surface area contributed by atoms with Crippen molar-refractivity contribution >= 4 is 29.0 Å². The maximum atomic E-state index is 12.9. The minimum atomic E-state index is -0.180. The summed E-state index contributed by atoms with van der Waals surface area (Å²) in [5.74, 6) is 0.0511. The lowest BCUT2D eigenvalue weighted by Gasteiger charge is -2.23. The average molecular weight is 396 g/mol. The second-order valence-corrected chi connectivity index (χ2v) is 7.73. The molecular formula is C22H25N3O2S. The van der Waals surface area contributed by atoms with Gasteiger partial charge in [0, 0.05) is 12.6 Å². The standard InChI is InChI=1S/C22H25N3O2S/c1-5-14-6-8-15(9-7-14)19(13(2)3)24-20(26)16-10-11-17-18(12-16)23-22(28)25(4)21(17)27/h6-13,19H,5H2,1-4H3,(H,23,28)(H,24,26). The van der Waals surface area contributed by atoms with Crippen LogP contribution in [0.3, 0.4) is 0 Å². The molecule has 0 spiro atoms. The number of hydrogen-bond donors (Lipinski definition) is 2. The lowest BCUT2D eigenvalue weighted by molar-refractivity contribution is 0.0925. The molecule has 1 aromatic heterocycles. The Bertz CT molecular complexity index is 1130. The molecule has 0 fully saturated rings. The molecule has 0 saturated heterocycles. The number of hydrogen-bond acceptors (Lipinski definition) is 3. The van der Waals surface area contributed by atoms with Crippen LogP contribution < -0.4 is 10.9 Å². The van der Waals surface area contributed by atoms with Gasteiger partial charge in [-0.1, -0.05) is 45.0 Å². The fourth-order valence-electron chi connectivity index (χ4n) is 3.27. The maximum absolute atomic E-state index is 12.9. The molecule has 0 aliphatic heterocycles. The Labute approximate surface area is 169 Å². The molecular weight excluding hydrogens is 370 g/mol. The fourth-order valence-corrected chi connectivity index (χ4v) is 3.46. The van der Waals surface area contributed by atoms with Crippen molar-refractivity contribution in [2.45, 2.75) is 33.2 Å². The summed E-state index contributed by atoms with van der Waals surface area (Å²) >= 11 is 5.17. The number of rotatable bonds is 5. The highest BCUT2D eigenvalue weighted by molar-refractivity contribution is 7.71. The van der Waals surface area contributed by atoms with Gasteiger partial charge in [0.05, 0.1) is 16.9 Å². The summed E-state index contributed by atoms with van der Waals surface area (Å²) in [6.07, 6.45) is 0.983. The summed E-state index contributed by atoms with van der Waals surface area (Å²) in [5.41, 5.74) is 3.22. The topological polar surface area (TPSA) is 66.9 Å². The van der Waals surface area contributed by atoms with Crippen molar-refractivity contribution < 1.29 is 4.79 Å². The van der Waals surface area contributed by atoms with E-state index in [1.54, 1.807) is 25.2 Å². The van der Waals surface area contributed by atoms with E-state index in [-0.39, 0.29) is 23.4 Å². The number of nitrogens with zero attached hydrogens (tertiary/aromatic N) is 1. The molecule has 0 radical (unpaired) electrons. The Balaban J connectivity index is 1.92. The van der Waals surface area contributed by atoms with Crippen molar-refractivity contribution in [3.05, 3.63) is 74.3 Å². The van der Waals surface area contributed by atoms with Gasteiger partial charge in [-0.3, -0.25) is 14.2 Å². The van der Waals surface area contributed by atoms with E-state index in [1.807, 2.05) is 0 Å². The number of nitrogens with one attached hydrogen (secondary N) is 2. The van der Waals surface area contributed by atoms with Crippen LogP contribution in [0.5, 0.6) is 0 Å². The van der Waals surface area contributed by atoms with Crippen LogP contribution in [0.4, 0.5) is 0 Å². The lowest BCUT2D eigenvalue weighted by Crippen LogP contribution is -2.31. The minimum absolute atomic E-state index is 0.101. The van der Waals surface area contributed by atoms with Gasteiger partial charge in [-0.05, 0) is 53.9 Å². The Morgan fingerprint density at radius 2 is 1.86 bits per heavy atom. The van der Waals surface area contributed by atoms with E-state index in [2.05, 4.69) is 55.3 Å². The summed E-state index contributed by atoms with van der Waals surface area (Å²) < 4.78 is 1.71. The first kappa shape index (κ1) is 20.0. The number of aryl methyl sites for hydroxylation is 1. The fraction of sp³-hybridized carbons (Fsp3) is 0.318. The van der Waals surface area contributed by atoms with Gasteiger partial charge in [0.2, 0.25) is 0 Å². The SMILES string of the molecule is CCc1ccc(C(NC(=O)c2ccc3c(=O)n(C)c(=S)[nH]c3c2)C(C)C)cc1. The number of H-pyrrole nitrogens is 1. The summed E-state index contributed by atoms with van der Waals surface area (Å²) in [5, 5.41) is 3.63. The molecule has 3 aromatic rings. The van der Waals surface area contributed by atoms with E-state index in [9.17, 15) is 9.59 Å². The van der Waals surface area contributed by atoms with E-state index in [0.29, 0.717) is 21.2 Å². The highest BCUT2D eigenvalue weighted by Gasteiger charge is 2.19. The average Bonchev–Trinajstić information content (AvgIpc) is 2.69. The van der Waals surface area contributed by atoms with E-state index in [4.69, 9.17) is 12.2 Å². The molecule has 3 rings (SSSR count). The zero-order chi connectivity index (χ0) is 20.4. The molecule has 5 nitrogen and oxygen atoms in total. The molecule has 1 heterocycles. The second kappa shape index (κ2) is 8.10. The smallest absolute Gasteiger partial charge is 0.261 e. The van der Waals surface area contributed by atoms with Crippen LogP contribution in [0.15, 0.2) is 47.3 Å². The predicted octanol–water partition coefficient (Wildman–Crippen LogP) is 4.29. The second-order valence-electron chi connectivity index (χ2n) is 7.34. The molecule has 1 amide bonds. The lowest BCUT2D eigenvalue weighted by atomic mass is 9.94. The number of carbonyl (C=O) groups excluding carboxylic acids is 1. The first-order valence-electron chi connectivity index (χ1n) is 9.44. The van der Waals surface area contributed by atoms with Crippen molar-refractivity contribution in [2.24, 2.45) is 13.0 Å². The van der Waals surface area contributed by atoms with Gasteiger partial charge in [-0.15, -0.1) is 0 Å². The van der Waals surface area contributed by atoms with Crippen molar-refractivity contribution in [1.29, 1.82) is 0 Å². The number of carbonyl (C=O) groups is 1. The molecule has 28 heavy (non-hydrogen) atoms. The van der Waals surface area contributed by atoms with Crippen LogP contribution in [0, 0.1) is 10.7 Å². The van der Waals surface area contributed by atoms with Crippen molar-refractivity contribution in [3.63, 3.8) is 0 Å². The third-order valence-electron chi connectivity index (χ3n) is 5.06. The third-order valence-corrected chi connectivity index (χ3v) is 5.44. The van der Waals surface area contributed by atoms with Crippen LogP contribution in [0.1, 0.15) is 48.3 Å². The van der Waals surface area contributed by atoms with Crippen molar-refractivity contribution in [3.8, 4) is 0 Å². The Kier molecular flexibility index (Phi) is 5.79. The number of fused-ring (bicyclic) bond motifs is 1. The number of amides is 1. The zero-order valence-electron chi connectivity index (χ0n) is 16.6. The van der Waals surface area contributed by atoms with Crippen LogP contribution in [0.2, 0.25) is 0 Å². The number of aromatic amines is 1. The predicted molar refractivity (Wildman–Crippen MR) is 115 cm³/mol. The summed E-state index contributed by atoms with van der Waals surface area (Å²) in [4.78, 5) is 28.2. The van der Waals surface area contributed by atoms with E-state index < -0.39 is 0 Å². The molecule has 6 heteroatoms. The van der Waals surface area contributed by atoms with Crippen LogP contribution >= 0.6 is 12.2 Å². The molecule has 0 bridgehead atoms. The van der Waals surface area contributed by atoms with Crippen LogP contribution in [0.25, 0.3) is 10.9 Å². The largest absolute Gasteiger partial charge is 0.345 e. The van der Waals surface area contributed by atoms with Gasteiger partial charge >= 0.3 is 0 Å². The van der Waals surface area contributed by atoms with E-state index >= 15 is 0 Å². The quantitative estimate of drug-likeness (QED) is 0.634. The summed E-state index contributed by atoms with van der Waals surface area (Å²) in [6.45, 7) is 6.29. The number of benzene rings is 2. The van der Waals surface area contributed by atoms with E-state index in [1.165, 1.54) is 10.1 Å². The minimum Gasteiger partial charge on any atom is -0.345 e. The molecule has 0 aliphatic carbocycles. The highest BCUT2D eigenvalue weighted by atomic mass is 32.1. The third kappa shape index (κ3) is 3.92. The molecule has 1 unspecified atom stereocenters. The van der Waals surface area contributed by atoms with Gasteiger partial charge in [-0.25, -0.2) is 0 Å².